The van der Waals surface area contributed by atoms with Gasteiger partial charge in [0.05, 0.1) is 67.8 Å². The summed E-state index contributed by atoms with van der Waals surface area (Å²) >= 11 is 1.55. The molecule has 5 atom stereocenters. The van der Waals surface area contributed by atoms with Gasteiger partial charge in [0.15, 0.2) is 0 Å². The van der Waals surface area contributed by atoms with E-state index in [0.29, 0.717) is 18.4 Å². The van der Waals surface area contributed by atoms with Crippen molar-refractivity contribution in [3.63, 3.8) is 0 Å². The van der Waals surface area contributed by atoms with Crippen LogP contribution in [-0.4, -0.2) is 127 Å². The van der Waals surface area contributed by atoms with Crippen molar-refractivity contribution in [2.24, 2.45) is 5.41 Å². The molecule has 1 aliphatic carbocycles. The number of β-amino-alcohol motifs (C(OH)–C–C–N with tert-alkyl or cyclic N) is 1. The van der Waals surface area contributed by atoms with E-state index < -0.39 is 83.3 Å². The van der Waals surface area contributed by atoms with E-state index in [4.69, 9.17) is 18.9 Å². The molecular formula is C51H60F5N5O8S. The Morgan fingerprint density at radius 1 is 0.929 bits per heavy atom. The number of aromatic nitrogens is 1. The van der Waals surface area contributed by atoms with E-state index in [-0.39, 0.29) is 71.5 Å². The number of hydrogen-bond acceptors (Lipinski definition) is 11. The maximum absolute atomic E-state index is 15.8. The summed E-state index contributed by atoms with van der Waals surface area (Å²) in [5.74, 6) is -3.60. The molecule has 19 heteroatoms. The molecule has 0 spiro atoms. The molecule has 70 heavy (non-hydrogen) atoms. The Labute approximate surface area is 408 Å². The number of nitrogens with one attached hydrogen (secondary N) is 2. The lowest BCUT2D eigenvalue weighted by Crippen LogP contribution is -2.58. The number of likely N-dealkylation sites (tertiary alicyclic amines) is 1. The van der Waals surface area contributed by atoms with Gasteiger partial charge in [-0.15, -0.1) is 11.3 Å². The number of thiazole rings is 1. The lowest BCUT2D eigenvalue weighted by atomic mass is 9.84. The molecule has 2 aliphatic heterocycles. The summed E-state index contributed by atoms with van der Waals surface area (Å²) in [7, 11) is 0. The first-order chi connectivity index (χ1) is 33.3. The third-order valence-electron chi connectivity index (χ3n) is 12.7. The quantitative estimate of drug-likeness (QED) is 0.0606. The Balaban J connectivity index is 0.804. The van der Waals surface area contributed by atoms with Gasteiger partial charge >= 0.3 is 6.18 Å². The molecule has 1 fully saturated rings. The van der Waals surface area contributed by atoms with E-state index in [9.17, 15) is 32.7 Å². The number of carbonyl (C=O) groups is 3. The van der Waals surface area contributed by atoms with Gasteiger partial charge in [-0.05, 0) is 65.5 Å². The SMILES string of the molecule is Cc1ncsc1-c1ccc(CNC(=O)[C@@H]2C[C@@H](O)CN2C(=O)[C@@H](NC(=O)COCCOCCOCCOc2cc(F)c([C@@H]3C4=C(C[C@@H](C)N3CC(F)(F)F)c3ccccc3C4)c(F)c2)C(C)(C)C)cc1. The minimum Gasteiger partial charge on any atom is -0.491 e. The molecule has 4 aromatic rings. The zero-order valence-corrected chi connectivity index (χ0v) is 40.7. The van der Waals surface area contributed by atoms with E-state index in [1.54, 1.807) is 44.5 Å². The topological polar surface area (TPSA) is 152 Å². The van der Waals surface area contributed by atoms with Crippen LogP contribution in [0, 0.1) is 24.0 Å². The van der Waals surface area contributed by atoms with Crippen LogP contribution in [-0.2, 0) is 41.6 Å². The highest BCUT2D eigenvalue weighted by Crippen LogP contribution is 2.50. The molecule has 3 aromatic carbocycles. The summed E-state index contributed by atoms with van der Waals surface area (Å²) in [4.78, 5) is 48.2. The number of hydrogen-bond donors (Lipinski definition) is 3. The summed E-state index contributed by atoms with van der Waals surface area (Å²) in [6.45, 7) is 7.84. The summed E-state index contributed by atoms with van der Waals surface area (Å²) in [6, 6.07) is 13.3. The third kappa shape index (κ3) is 13.0. The molecule has 3 heterocycles. The van der Waals surface area contributed by atoms with Crippen LogP contribution in [0.2, 0.25) is 0 Å². The maximum atomic E-state index is 15.8. The average molecular weight is 998 g/mol. The number of nitrogens with zero attached hydrogens (tertiary/aromatic N) is 3. The van der Waals surface area contributed by atoms with Crippen molar-refractivity contribution < 1.29 is 60.4 Å². The number of aryl methyl sites for hydroxylation is 1. The predicted molar refractivity (Wildman–Crippen MR) is 253 cm³/mol. The van der Waals surface area contributed by atoms with Crippen molar-refractivity contribution in [2.45, 2.75) is 96.9 Å². The van der Waals surface area contributed by atoms with Gasteiger partial charge in [-0.25, -0.2) is 13.8 Å². The molecule has 7 rings (SSSR count). The summed E-state index contributed by atoms with van der Waals surface area (Å²) in [6.07, 6.45) is -4.81. The predicted octanol–water partition coefficient (Wildman–Crippen LogP) is 7.34. The largest absolute Gasteiger partial charge is 0.491 e. The Morgan fingerprint density at radius 3 is 2.23 bits per heavy atom. The zero-order valence-electron chi connectivity index (χ0n) is 39.9. The molecule has 13 nitrogen and oxygen atoms in total. The molecule has 3 amide bonds. The van der Waals surface area contributed by atoms with Crippen LogP contribution in [0.1, 0.15) is 74.5 Å². The minimum atomic E-state index is -4.58. The first kappa shape index (κ1) is 52.5. The van der Waals surface area contributed by atoms with E-state index in [2.05, 4.69) is 15.6 Å². The molecule has 3 N–H and O–H groups in total. The van der Waals surface area contributed by atoms with Gasteiger partial charge in [-0.2, -0.15) is 13.2 Å². The number of alkyl halides is 3. The zero-order chi connectivity index (χ0) is 50.3. The van der Waals surface area contributed by atoms with E-state index >= 15 is 8.78 Å². The summed E-state index contributed by atoms with van der Waals surface area (Å²) in [5, 5.41) is 16.2. The van der Waals surface area contributed by atoms with Crippen molar-refractivity contribution in [3.05, 3.63) is 111 Å². The fraction of sp³-hybridized carbons (Fsp3) is 0.490. The first-order valence-corrected chi connectivity index (χ1v) is 24.2. The normalized spacial score (nSPS) is 19.8. The highest BCUT2D eigenvalue weighted by molar-refractivity contribution is 7.13. The molecule has 0 radical (unpaired) electrons. The number of ether oxygens (including phenoxy) is 4. The minimum absolute atomic E-state index is 0.0393. The van der Waals surface area contributed by atoms with Crippen molar-refractivity contribution in [1.82, 2.24) is 25.4 Å². The summed E-state index contributed by atoms with van der Waals surface area (Å²) in [5.41, 5.74) is 6.63. The second-order valence-corrected chi connectivity index (χ2v) is 19.8. The van der Waals surface area contributed by atoms with Gasteiger partial charge in [0.25, 0.3) is 0 Å². The molecular weight excluding hydrogens is 938 g/mol. The molecule has 0 unspecified atom stereocenters. The monoisotopic (exact) mass is 997 g/mol. The smallest absolute Gasteiger partial charge is 0.401 e. The van der Waals surface area contributed by atoms with Crippen LogP contribution in [0.15, 0.2) is 71.7 Å². The molecule has 0 bridgehead atoms. The van der Waals surface area contributed by atoms with Crippen LogP contribution in [0.4, 0.5) is 22.0 Å². The van der Waals surface area contributed by atoms with Gasteiger partial charge in [-0.1, -0.05) is 69.3 Å². The van der Waals surface area contributed by atoms with Gasteiger partial charge in [0.1, 0.15) is 42.7 Å². The van der Waals surface area contributed by atoms with E-state index in [0.717, 1.165) is 55.4 Å². The number of halogens is 5. The highest BCUT2D eigenvalue weighted by atomic mass is 32.1. The lowest BCUT2D eigenvalue weighted by Gasteiger charge is -2.42. The van der Waals surface area contributed by atoms with Crippen molar-refractivity contribution in [1.29, 1.82) is 0 Å². The Kier molecular flexibility index (Phi) is 17.1. The van der Waals surface area contributed by atoms with Crippen LogP contribution in [0.25, 0.3) is 16.0 Å². The fourth-order valence-electron chi connectivity index (χ4n) is 9.33. The molecule has 0 saturated carbocycles. The van der Waals surface area contributed by atoms with Gasteiger partial charge < -0.3 is 39.6 Å². The van der Waals surface area contributed by atoms with Crippen molar-refractivity contribution in [3.8, 4) is 16.2 Å². The number of fused-ring (bicyclic) bond motifs is 2. The Hall–Kier alpha value is -5.31. The first-order valence-electron chi connectivity index (χ1n) is 23.3. The molecule has 3 aliphatic rings. The number of benzene rings is 3. The van der Waals surface area contributed by atoms with E-state index in [1.807, 2.05) is 55.5 Å². The van der Waals surface area contributed by atoms with Crippen LogP contribution in [0.5, 0.6) is 5.75 Å². The fourth-order valence-corrected chi connectivity index (χ4v) is 10.1. The van der Waals surface area contributed by atoms with Crippen LogP contribution >= 0.6 is 11.3 Å². The maximum Gasteiger partial charge on any atom is 0.401 e. The Morgan fingerprint density at radius 2 is 1.59 bits per heavy atom. The summed E-state index contributed by atoms with van der Waals surface area (Å²) < 4.78 is 95.2. The average Bonchev–Trinajstić information content (AvgIpc) is 4.02. The molecule has 1 saturated heterocycles. The lowest BCUT2D eigenvalue weighted by molar-refractivity contribution is -0.155. The van der Waals surface area contributed by atoms with Gasteiger partial charge in [-0.3, -0.25) is 19.3 Å². The van der Waals surface area contributed by atoms with Gasteiger partial charge in [0.2, 0.25) is 17.7 Å². The number of aliphatic hydroxyl groups is 1. The second kappa shape index (κ2) is 22.8. The number of aliphatic hydroxyl groups excluding tert-OH is 1. The van der Waals surface area contributed by atoms with Gasteiger partial charge in [0, 0.05) is 43.2 Å². The Bertz CT molecular complexity index is 2490. The van der Waals surface area contributed by atoms with Crippen LogP contribution < -0.4 is 15.4 Å². The van der Waals surface area contributed by atoms with E-state index in [1.165, 1.54) is 4.90 Å². The van der Waals surface area contributed by atoms with Crippen molar-refractivity contribution in [2.75, 3.05) is 59.3 Å². The number of rotatable bonds is 20. The standard InChI is InChI=1S/C51H60F5N5O8S/c1-30-20-38-37-9-7-6-8-34(37)21-39(38)45(61(30)28-51(54,55)56)44-40(52)23-36(24-41(44)53)69-19-18-67-15-14-66-16-17-68-27-43(63)59-47(50(3,4)5)49(65)60-26-35(62)22-42(60)48(64)57-25-32-10-12-33(13-11-32)46-31(2)58-29-70-46/h6-13,23-24,29-30,35,42,45,47,62H,14-22,25-28H2,1-5H3,(H,57,64)(H,59,63)/t30-,35-,42+,45+,47-/m1/s1. The second-order valence-electron chi connectivity index (χ2n) is 19.0. The van der Waals surface area contributed by atoms with Crippen molar-refractivity contribution >= 4 is 34.6 Å². The third-order valence-corrected chi connectivity index (χ3v) is 13.7. The molecule has 1 aromatic heterocycles. The highest BCUT2D eigenvalue weighted by Gasteiger charge is 2.46. The number of amides is 3. The number of carbonyl (C=O) groups excluding carboxylic acids is 3. The van der Waals surface area contributed by atoms with Crippen LogP contribution in [0.3, 0.4) is 0 Å². The molecule has 378 valence electrons.